The second kappa shape index (κ2) is 6.34. The summed E-state index contributed by atoms with van der Waals surface area (Å²) >= 11 is 13.0. The summed E-state index contributed by atoms with van der Waals surface area (Å²) in [6.07, 6.45) is 4.26. The molecule has 0 bridgehead atoms. The molecule has 0 aliphatic carbocycles. The van der Waals surface area contributed by atoms with E-state index < -0.39 is 10.0 Å². The Morgan fingerprint density at radius 3 is 2.48 bits per heavy atom. The zero-order chi connectivity index (χ0) is 15.0. The van der Waals surface area contributed by atoms with Crippen molar-refractivity contribution in [3.63, 3.8) is 0 Å². The highest BCUT2D eigenvalue weighted by Gasteiger charge is 2.34. The van der Waals surface area contributed by atoms with Gasteiger partial charge in [-0.3, -0.25) is 0 Å². The van der Waals surface area contributed by atoms with Crippen LogP contribution >= 0.6 is 34.5 Å². The summed E-state index contributed by atoms with van der Waals surface area (Å²) in [6, 6.07) is 2.02. The van der Waals surface area contributed by atoms with Crippen molar-refractivity contribution in [2.45, 2.75) is 36.6 Å². The first-order valence-corrected chi connectivity index (χ1v) is 10.2. The Morgan fingerprint density at radius 1 is 1.24 bits per heavy atom. The van der Waals surface area contributed by atoms with Crippen LogP contribution in [0.15, 0.2) is 11.0 Å². The third-order valence-electron chi connectivity index (χ3n) is 4.41. The van der Waals surface area contributed by atoms with Crippen molar-refractivity contribution < 1.29 is 8.42 Å². The molecule has 3 rings (SSSR count). The Bertz CT molecular complexity index is 604. The zero-order valence-corrected chi connectivity index (χ0v) is 14.7. The van der Waals surface area contributed by atoms with Gasteiger partial charge in [-0.05, 0) is 44.2 Å². The van der Waals surface area contributed by atoms with Gasteiger partial charge in [0.15, 0.2) is 0 Å². The first kappa shape index (κ1) is 16.0. The van der Waals surface area contributed by atoms with E-state index in [9.17, 15) is 8.42 Å². The normalized spacial score (nSPS) is 25.5. The summed E-state index contributed by atoms with van der Waals surface area (Å²) in [5.41, 5.74) is 0. The number of nitrogens with one attached hydrogen (secondary N) is 1. The first-order chi connectivity index (χ1) is 9.98. The van der Waals surface area contributed by atoms with Crippen LogP contribution < -0.4 is 5.32 Å². The maximum Gasteiger partial charge on any atom is 0.245 e. The van der Waals surface area contributed by atoms with Gasteiger partial charge in [-0.15, -0.1) is 11.3 Å². The van der Waals surface area contributed by atoms with E-state index >= 15 is 0 Å². The molecule has 1 N–H and O–H groups in total. The molecule has 2 aliphatic heterocycles. The van der Waals surface area contributed by atoms with Crippen LogP contribution in [-0.4, -0.2) is 38.4 Å². The maximum absolute atomic E-state index is 12.6. The molecule has 0 spiro atoms. The quantitative estimate of drug-likeness (QED) is 0.890. The molecule has 2 saturated heterocycles. The second-order valence-electron chi connectivity index (χ2n) is 5.63. The lowest BCUT2D eigenvalue weighted by molar-refractivity contribution is 0.234. The summed E-state index contributed by atoms with van der Waals surface area (Å²) in [6.45, 7) is 2.22. The summed E-state index contributed by atoms with van der Waals surface area (Å²) < 4.78 is 27.4. The lowest BCUT2D eigenvalue weighted by Crippen LogP contribution is -2.43. The van der Waals surface area contributed by atoms with Crippen molar-refractivity contribution in [2.24, 2.45) is 5.92 Å². The predicted molar refractivity (Wildman–Crippen MR) is 86.8 cm³/mol. The molecule has 0 amide bonds. The third kappa shape index (κ3) is 3.26. The highest BCUT2D eigenvalue weighted by Crippen LogP contribution is 2.37. The summed E-state index contributed by atoms with van der Waals surface area (Å²) in [4.78, 5) is 0.150. The number of piperidine rings is 1. The van der Waals surface area contributed by atoms with E-state index in [2.05, 4.69) is 5.32 Å². The Morgan fingerprint density at radius 2 is 1.95 bits per heavy atom. The van der Waals surface area contributed by atoms with Crippen molar-refractivity contribution in [1.82, 2.24) is 9.62 Å². The molecule has 8 heteroatoms. The molecule has 2 aliphatic rings. The van der Waals surface area contributed by atoms with Crippen LogP contribution in [-0.2, 0) is 10.0 Å². The smallest absolute Gasteiger partial charge is 0.245 e. The van der Waals surface area contributed by atoms with Crippen LogP contribution in [0.2, 0.25) is 8.67 Å². The minimum Gasteiger partial charge on any atom is -0.314 e. The molecule has 1 aromatic rings. The van der Waals surface area contributed by atoms with Crippen molar-refractivity contribution in [3.8, 4) is 0 Å². The fraction of sp³-hybridized carbons (Fsp3) is 0.692. The Balaban J connectivity index is 1.69. The monoisotopic (exact) mass is 368 g/mol. The Kier molecular flexibility index (Phi) is 4.83. The topological polar surface area (TPSA) is 49.4 Å². The SMILES string of the molecule is O=S(=O)(c1cc(Cl)sc1Cl)N1CCC(C2CCCN2)CC1. The third-order valence-corrected chi connectivity index (χ3v) is 8.06. The van der Waals surface area contributed by atoms with Crippen molar-refractivity contribution in [3.05, 3.63) is 14.7 Å². The molecule has 0 aromatic carbocycles. The molecule has 118 valence electrons. The van der Waals surface area contributed by atoms with Gasteiger partial charge >= 0.3 is 0 Å². The number of halogens is 2. The van der Waals surface area contributed by atoms with Crippen LogP contribution in [0.25, 0.3) is 0 Å². The van der Waals surface area contributed by atoms with Crippen molar-refractivity contribution in [1.29, 1.82) is 0 Å². The average molecular weight is 369 g/mol. The van der Waals surface area contributed by atoms with Crippen LogP contribution in [0.1, 0.15) is 25.7 Å². The van der Waals surface area contributed by atoms with Crippen molar-refractivity contribution >= 4 is 44.6 Å². The number of nitrogens with zero attached hydrogens (tertiary/aromatic N) is 1. The van der Waals surface area contributed by atoms with Gasteiger partial charge in [0.25, 0.3) is 0 Å². The fourth-order valence-electron chi connectivity index (χ4n) is 3.27. The average Bonchev–Trinajstić information content (AvgIpc) is 3.09. The van der Waals surface area contributed by atoms with E-state index in [4.69, 9.17) is 23.2 Å². The zero-order valence-electron chi connectivity index (χ0n) is 11.5. The Hall–Kier alpha value is 0.150. The van der Waals surface area contributed by atoms with Crippen LogP contribution in [0, 0.1) is 5.92 Å². The molecule has 0 saturated carbocycles. The highest BCUT2D eigenvalue weighted by atomic mass is 35.5. The molecular formula is C13H18Cl2N2O2S2. The number of hydrogen-bond acceptors (Lipinski definition) is 4. The van der Waals surface area contributed by atoms with Crippen LogP contribution in [0.4, 0.5) is 0 Å². The lowest BCUT2D eigenvalue weighted by atomic mass is 9.89. The fourth-order valence-corrected chi connectivity index (χ4v) is 6.85. The van der Waals surface area contributed by atoms with Gasteiger partial charge in [0.1, 0.15) is 9.23 Å². The van der Waals surface area contributed by atoms with E-state index in [0.717, 1.165) is 30.7 Å². The molecule has 4 nitrogen and oxygen atoms in total. The molecule has 3 heterocycles. The van der Waals surface area contributed by atoms with Gasteiger partial charge in [-0.2, -0.15) is 4.31 Å². The van der Waals surface area contributed by atoms with Crippen LogP contribution in [0.3, 0.4) is 0 Å². The van der Waals surface area contributed by atoms with Gasteiger partial charge in [0, 0.05) is 19.1 Å². The molecular weight excluding hydrogens is 351 g/mol. The molecule has 2 fully saturated rings. The maximum atomic E-state index is 12.6. The van der Waals surface area contributed by atoms with Gasteiger partial charge < -0.3 is 5.32 Å². The standard InChI is InChI=1S/C13H18Cl2N2O2S2/c14-12-8-11(13(15)20-12)21(18,19)17-6-3-9(4-7-17)10-2-1-5-16-10/h8-10,16H,1-7H2. The van der Waals surface area contributed by atoms with Gasteiger partial charge in [-0.1, -0.05) is 23.2 Å². The summed E-state index contributed by atoms with van der Waals surface area (Å²) in [5, 5.41) is 3.52. The van der Waals surface area contributed by atoms with Gasteiger partial charge in [0.05, 0.1) is 4.34 Å². The summed E-state index contributed by atoms with van der Waals surface area (Å²) in [5.74, 6) is 0.584. The molecule has 21 heavy (non-hydrogen) atoms. The summed E-state index contributed by atoms with van der Waals surface area (Å²) in [7, 11) is -3.51. The minimum atomic E-state index is -3.51. The molecule has 1 aromatic heterocycles. The van der Waals surface area contributed by atoms with Gasteiger partial charge in [0.2, 0.25) is 10.0 Å². The number of sulfonamides is 1. The lowest BCUT2D eigenvalue weighted by Gasteiger charge is -2.34. The highest BCUT2D eigenvalue weighted by molar-refractivity contribution is 7.89. The van der Waals surface area contributed by atoms with E-state index in [0.29, 0.717) is 29.4 Å². The molecule has 1 unspecified atom stereocenters. The number of thiophene rings is 1. The number of rotatable bonds is 3. The van der Waals surface area contributed by atoms with E-state index in [1.807, 2.05) is 0 Å². The first-order valence-electron chi connectivity index (χ1n) is 7.17. The van der Waals surface area contributed by atoms with E-state index in [-0.39, 0.29) is 9.23 Å². The Labute approximate surface area is 139 Å². The molecule has 1 atom stereocenters. The van der Waals surface area contributed by atoms with Crippen LogP contribution in [0.5, 0.6) is 0 Å². The van der Waals surface area contributed by atoms with E-state index in [1.54, 1.807) is 4.31 Å². The van der Waals surface area contributed by atoms with E-state index in [1.165, 1.54) is 18.9 Å². The minimum absolute atomic E-state index is 0.150. The molecule has 0 radical (unpaired) electrons. The van der Waals surface area contributed by atoms with Crippen molar-refractivity contribution in [2.75, 3.05) is 19.6 Å². The largest absolute Gasteiger partial charge is 0.314 e. The second-order valence-corrected chi connectivity index (χ2v) is 9.82. The van der Waals surface area contributed by atoms with Gasteiger partial charge in [-0.25, -0.2) is 8.42 Å². The number of hydrogen-bond donors (Lipinski definition) is 1. The predicted octanol–water partition coefficient (Wildman–Crippen LogP) is 3.21.